The third-order valence-corrected chi connectivity index (χ3v) is 9.40. The zero-order valence-corrected chi connectivity index (χ0v) is 17.7. The third kappa shape index (κ3) is 2.38. The van der Waals surface area contributed by atoms with Crippen LogP contribution in [0.25, 0.3) is 0 Å². The average Bonchev–Trinajstić information content (AvgIpc) is 3.30. The van der Waals surface area contributed by atoms with Crippen LogP contribution >= 0.6 is 0 Å². The Kier molecular flexibility index (Phi) is 4.50. The summed E-state index contributed by atoms with van der Waals surface area (Å²) < 4.78 is 0. The number of hydrogen-bond acceptors (Lipinski definition) is 1. The van der Waals surface area contributed by atoms with Gasteiger partial charge in [0, 0.05) is 0 Å². The van der Waals surface area contributed by atoms with E-state index in [4.69, 9.17) is 0 Å². The van der Waals surface area contributed by atoms with Crippen molar-refractivity contribution in [3.05, 3.63) is 23.8 Å². The lowest BCUT2D eigenvalue weighted by Crippen LogP contribution is -2.51. The molecule has 0 heterocycles. The lowest BCUT2D eigenvalue weighted by molar-refractivity contribution is -0.0584. The van der Waals surface area contributed by atoms with Crippen LogP contribution in [0.15, 0.2) is 23.8 Å². The van der Waals surface area contributed by atoms with Crippen LogP contribution in [0.4, 0.5) is 0 Å². The summed E-state index contributed by atoms with van der Waals surface area (Å²) >= 11 is 0. The van der Waals surface area contributed by atoms with E-state index in [1.807, 2.05) is 13.8 Å². The number of fused-ring (bicyclic) bond motifs is 7. The molecule has 0 spiro atoms. The molecule has 5 aliphatic carbocycles. The molecular formula is C25H40O. The molecule has 0 aromatic heterocycles. The summed E-state index contributed by atoms with van der Waals surface area (Å²) in [5, 5.41) is 10.1. The van der Waals surface area contributed by atoms with Crippen LogP contribution in [0.3, 0.4) is 0 Å². The van der Waals surface area contributed by atoms with Crippen molar-refractivity contribution < 1.29 is 5.11 Å². The van der Waals surface area contributed by atoms with E-state index >= 15 is 0 Å². The van der Waals surface area contributed by atoms with Crippen molar-refractivity contribution in [2.24, 2.45) is 46.3 Å². The second kappa shape index (κ2) is 6.23. The van der Waals surface area contributed by atoms with Crippen molar-refractivity contribution in [1.29, 1.82) is 0 Å². The predicted molar refractivity (Wildman–Crippen MR) is 110 cm³/mol. The Balaban J connectivity index is 0.000000814. The van der Waals surface area contributed by atoms with Gasteiger partial charge in [0.25, 0.3) is 0 Å². The highest BCUT2D eigenvalue weighted by Crippen LogP contribution is 2.76. The summed E-state index contributed by atoms with van der Waals surface area (Å²) in [6.07, 6.45) is 11.2. The van der Waals surface area contributed by atoms with Crippen molar-refractivity contribution >= 4 is 0 Å². The van der Waals surface area contributed by atoms with Gasteiger partial charge in [-0.25, -0.2) is 0 Å². The van der Waals surface area contributed by atoms with Crippen molar-refractivity contribution in [3.63, 3.8) is 0 Å². The van der Waals surface area contributed by atoms with Crippen LogP contribution < -0.4 is 0 Å². The lowest BCUT2D eigenvalue weighted by atomic mass is 9.46. The van der Waals surface area contributed by atoms with Gasteiger partial charge in [0.15, 0.2) is 0 Å². The Morgan fingerprint density at radius 1 is 1.12 bits per heavy atom. The zero-order chi connectivity index (χ0) is 18.9. The highest BCUT2D eigenvalue weighted by molar-refractivity contribution is 5.29. The molecule has 5 aliphatic rings. The normalized spacial score (nSPS) is 53.8. The van der Waals surface area contributed by atoms with Crippen LogP contribution in [-0.4, -0.2) is 11.2 Å². The van der Waals surface area contributed by atoms with Crippen molar-refractivity contribution in [3.8, 4) is 0 Å². The van der Waals surface area contributed by atoms with Gasteiger partial charge in [-0.15, -0.1) is 0 Å². The van der Waals surface area contributed by atoms with E-state index in [1.165, 1.54) is 37.7 Å². The molecule has 0 aliphatic heterocycles. The van der Waals surface area contributed by atoms with E-state index in [0.29, 0.717) is 10.8 Å². The quantitative estimate of drug-likeness (QED) is 0.540. The lowest BCUT2D eigenvalue weighted by Gasteiger charge is -2.59. The maximum Gasteiger partial charge on any atom is 0.0577 e. The Hall–Kier alpha value is -0.560. The maximum absolute atomic E-state index is 10.1. The standard InChI is InChI=1S/C23H34O.C2H6/c1-13(2)20-17-12-18(17)21-16-6-5-14-11-15(24)7-9-22(14,3)19(16)8-10-23(20,21)4;1-2/h5,15-21,24H,1,6-12H2,2-4H3;1-2H3. The minimum atomic E-state index is -0.0816. The fourth-order valence-corrected chi connectivity index (χ4v) is 8.54. The van der Waals surface area contributed by atoms with E-state index in [1.54, 1.807) is 5.57 Å². The fourth-order valence-electron chi connectivity index (χ4n) is 8.54. The zero-order valence-electron chi connectivity index (χ0n) is 17.7. The summed E-state index contributed by atoms with van der Waals surface area (Å²) in [5.41, 5.74) is 3.98. The van der Waals surface area contributed by atoms with E-state index in [-0.39, 0.29) is 6.10 Å². The summed E-state index contributed by atoms with van der Waals surface area (Å²) in [6.45, 7) is 15.9. The van der Waals surface area contributed by atoms with Crippen molar-refractivity contribution in [2.45, 2.75) is 85.7 Å². The molecule has 1 N–H and O–H groups in total. The van der Waals surface area contributed by atoms with Gasteiger partial charge in [0.2, 0.25) is 0 Å². The van der Waals surface area contributed by atoms with Gasteiger partial charge in [-0.2, -0.15) is 0 Å². The van der Waals surface area contributed by atoms with E-state index < -0.39 is 0 Å². The smallest absolute Gasteiger partial charge is 0.0577 e. The monoisotopic (exact) mass is 356 g/mol. The van der Waals surface area contributed by atoms with Gasteiger partial charge in [-0.05, 0) is 98.2 Å². The van der Waals surface area contributed by atoms with E-state index in [0.717, 1.165) is 48.3 Å². The predicted octanol–water partition coefficient (Wildman–Crippen LogP) is 6.38. The van der Waals surface area contributed by atoms with Gasteiger partial charge in [0.1, 0.15) is 0 Å². The second-order valence-corrected chi connectivity index (χ2v) is 10.5. The van der Waals surface area contributed by atoms with Crippen LogP contribution in [0.1, 0.15) is 79.6 Å². The third-order valence-electron chi connectivity index (χ3n) is 9.40. The number of aliphatic hydroxyl groups excluding tert-OH is 1. The molecule has 0 amide bonds. The van der Waals surface area contributed by atoms with Crippen LogP contribution in [0.5, 0.6) is 0 Å². The number of hydrogen-bond donors (Lipinski definition) is 1. The minimum Gasteiger partial charge on any atom is -0.393 e. The Morgan fingerprint density at radius 2 is 1.85 bits per heavy atom. The summed E-state index contributed by atoms with van der Waals surface area (Å²) in [4.78, 5) is 0. The summed E-state index contributed by atoms with van der Waals surface area (Å²) in [5.74, 6) is 5.45. The van der Waals surface area contributed by atoms with Gasteiger partial charge < -0.3 is 5.11 Å². The molecule has 4 saturated carbocycles. The Morgan fingerprint density at radius 3 is 2.54 bits per heavy atom. The minimum absolute atomic E-state index is 0.0816. The van der Waals surface area contributed by atoms with Gasteiger partial charge in [0.05, 0.1) is 6.10 Å². The molecule has 5 rings (SSSR count). The maximum atomic E-state index is 10.1. The largest absolute Gasteiger partial charge is 0.393 e. The van der Waals surface area contributed by atoms with E-state index in [2.05, 4.69) is 33.4 Å². The molecule has 9 atom stereocenters. The Labute approximate surface area is 161 Å². The highest BCUT2D eigenvalue weighted by Gasteiger charge is 2.69. The van der Waals surface area contributed by atoms with Crippen molar-refractivity contribution in [1.82, 2.24) is 0 Å². The van der Waals surface area contributed by atoms with Crippen LogP contribution in [-0.2, 0) is 0 Å². The first-order valence-corrected chi connectivity index (χ1v) is 11.4. The van der Waals surface area contributed by atoms with Crippen molar-refractivity contribution in [2.75, 3.05) is 0 Å². The summed E-state index contributed by atoms with van der Waals surface area (Å²) in [6, 6.07) is 0. The van der Waals surface area contributed by atoms with Gasteiger partial charge in [-0.1, -0.05) is 51.5 Å². The first-order valence-electron chi connectivity index (χ1n) is 11.4. The molecular weight excluding hydrogens is 316 g/mol. The van der Waals surface area contributed by atoms with Crippen LogP contribution in [0, 0.1) is 46.3 Å². The van der Waals surface area contributed by atoms with E-state index in [9.17, 15) is 5.11 Å². The van der Waals surface area contributed by atoms with Gasteiger partial charge in [-0.3, -0.25) is 0 Å². The number of aliphatic hydroxyl groups is 1. The first-order chi connectivity index (χ1) is 12.4. The van der Waals surface area contributed by atoms with Crippen LogP contribution in [0.2, 0.25) is 0 Å². The molecule has 0 saturated heterocycles. The Bertz CT molecular complexity index is 618. The fraction of sp³-hybridized carbons (Fsp3) is 0.840. The van der Waals surface area contributed by atoms with Gasteiger partial charge >= 0.3 is 0 Å². The molecule has 1 nitrogen and oxygen atoms in total. The molecule has 26 heavy (non-hydrogen) atoms. The topological polar surface area (TPSA) is 20.2 Å². The SMILES string of the molecule is C=C(C)C1C2CC2C2C3CC=C4CC(O)CCC4(C)C3CCC12C.CC. The molecule has 4 fully saturated rings. The molecule has 0 bridgehead atoms. The summed E-state index contributed by atoms with van der Waals surface area (Å²) in [7, 11) is 0. The second-order valence-electron chi connectivity index (χ2n) is 10.5. The highest BCUT2D eigenvalue weighted by atomic mass is 16.3. The molecule has 0 radical (unpaired) electrons. The molecule has 146 valence electrons. The molecule has 1 heteroatoms. The average molecular weight is 357 g/mol. The number of rotatable bonds is 1. The number of allylic oxidation sites excluding steroid dienone is 2. The first kappa shape index (κ1) is 18.8. The molecule has 0 aromatic rings. The molecule has 9 unspecified atom stereocenters. The molecule has 0 aromatic carbocycles.